The minimum atomic E-state index is -0.500. The molecule has 0 N–H and O–H groups in total. The Morgan fingerprint density at radius 1 is 0.536 bits per heavy atom. The van der Waals surface area contributed by atoms with E-state index in [1.165, 1.54) is 32.1 Å². The Labute approximate surface area is 166 Å². The lowest BCUT2D eigenvalue weighted by molar-refractivity contribution is 1.23. The van der Waals surface area contributed by atoms with Crippen LogP contribution in [0.4, 0.5) is 0 Å². The minimum Gasteiger partial charge on any atom is -0.0971 e. The Balaban J connectivity index is 1.77. The second kappa shape index (κ2) is 7.50. The molecule has 0 spiro atoms. The molecule has 0 aliphatic carbocycles. The molecule has 134 valence electrons. The molecule has 1 heterocycles. The van der Waals surface area contributed by atoms with Gasteiger partial charge >= 0.3 is 0 Å². The Hall–Kier alpha value is -3.08. The molecule has 0 aliphatic heterocycles. The highest BCUT2D eigenvalue weighted by Gasteiger charge is 2.19. The summed E-state index contributed by atoms with van der Waals surface area (Å²) in [5.41, 5.74) is 2.98. The molecule has 0 saturated carbocycles. The molecule has 5 rings (SSSR count). The molecule has 28 heavy (non-hydrogen) atoms. The van der Waals surface area contributed by atoms with Crippen molar-refractivity contribution in [3.05, 3.63) is 126 Å². The van der Waals surface area contributed by atoms with E-state index in [0.717, 1.165) is 0 Å². The highest BCUT2D eigenvalue weighted by atomic mass is 31.1. The van der Waals surface area contributed by atoms with Crippen molar-refractivity contribution in [3.8, 4) is 0 Å². The maximum absolute atomic E-state index is 2.41. The van der Waals surface area contributed by atoms with Gasteiger partial charge in [0, 0.05) is 15.9 Å². The Kier molecular flexibility index (Phi) is 4.57. The van der Waals surface area contributed by atoms with Gasteiger partial charge in [0.25, 0.3) is 0 Å². The molecule has 4 aromatic carbocycles. The van der Waals surface area contributed by atoms with E-state index in [2.05, 4.69) is 121 Å². The first kappa shape index (κ1) is 17.0. The lowest BCUT2D eigenvalue weighted by Crippen LogP contribution is -1.88. The van der Waals surface area contributed by atoms with Gasteiger partial charge in [0.15, 0.2) is 0 Å². The summed E-state index contributed by atoms with van der Waals surface area (Å²) in [6, 6.07) is 39.5. The molecule has 0 saturated heterocycles. The van der Waals surface area contributed by atoms with Crippen LogP contribution in [0.25, 0.3) is 27.1 Å². The second-order valence-electron chi connectivity index (χ2n) is 7.03. The molecule has 1 atom stereocenters. The van der Waals surface area contributed by atoms with Gasteiger partial charge in [-0.05, 0) is 21.9 Å². The summed E-state index contributed by atoms with van der Waals surface area (Å²) in [6.45, 7) is 0. The number of rotatable bonds is 4. The molecule has 0 bridgehead atoms. The number of fused-ring (bicyclic) bond motifs is 3. The molecule has 1 aromatic heterocycles. The summed E-state index contributed by atoms with van der Waals surface area (Å²) in [6.07, 6.45) is 4.69. The van der Waals surface area contributed by atoms with E-state index in [4.69, 9.17) is 0 Å². The average Bonchev–Trinajstić information content (AvgIpc) is 3.10. The van der Waals surface area contributed by atoms with Gasteiger partial charge in [0.1, 0.15) is 0 Å². The van der Waals surface area contributed by atoms with Crippen molar-refractivity contribution < 1.29 is 0 Å². The van der Waals surface area contributed by atoms with Gasteiger partial charge in [0.2, 0.25) is 0 Å². The van der Waals surface area contributed by atoms with Crippen molar-refractivity contribution in [1.82, 2.24) is 0 Å². The SMILES string of the molecule is C(=C\[C@H](c1ccccc1)p1c2ccccc2c2ccccc21)/c1ccccc1. The fourth-order valence-corrected chi connectivity index (χ4v) is 7.01. The molecule has 0 fully saturated rings. The topological polar surface area (TPSA) is 0 Å². The lowest BCUT2D eigenvalue weighted by atomic mass is 10.1. The van der Waals surface area contributed by atoms with Crippen molar-refractivity contribution in [3.63, 3.8) is 0 Å². The van der Waals surface area contributed by atoms with Crippen LogP contribution in [-0.2, 0) is 0 Å². The predicted molar refractivity (Wildman–Crippen MR) is 124 cm³/mol. The normalized spacial score (nSPS) is 12.7. The summed E-state index contributed by atoms with van der Waals surface area (Å²) in [4.78, 5) is 0. The van der Waals surface area contributed by atoms with Crippen LogP contribution < -0.4 is 0 Å². The third-order valence-corrected chi connectivity index (χ3v) is 8.15. The molecular formula is C27H21P. The monoisotopic (exact) mass is 376 g/mol. The van der Waals surface area contributed by atoms with Gasteiger partial charge < -0.3 is 0 Å². The van der Waals surface area contributed by atoms with E-state index >= 15 is 0 Å². The maximum atomic E-state index is 2.41. The lowest BCUT2D eigenvalue weighted by Gasteiger charge is -2.16. The van der Waals surface area contributed by atoms with Crippen LogP contribution in [0.5, 0.6) is 0 Å². The minimum absolute atomic E-state index is 0.348. The van der Waals surface area contributed by atoms with Gasteiger partial charge in [-0.3, -0.25) is 0 Å². The van der Waals surface area contributed by atoms with Gasteiger partial charge in [-0.15, -0.1) is 0 Å². The summed E-state index contributed by atoms with van der Waals surface area (Å²) in [5.74, 6) is 0. The molecule has 0 nitrogen and oxygen atoms in total. The third kappa shape index (κ3) is 3.07. The molecular weight excluding hydrogens is 355 g/mol. The van der Waals surface area contributed by atoms with Crippen molar-refractivity contribution in [1.29, 1.82) is 0 Å². The van der Waals surface area contributed by atoms with E-state index in [0.29, 0.717) is 5.66 Å². The first-order valence-corrected chi connectivity index (χ1v) is 11.1. The Bertz CT molecular complexity index is 1190. The van der Waals surface area contributed by atoms with Crippen LogP contribution in [0.2, 0.25) is 0 Å². The number of hydrogen-bond donors (Lipinski definition) is 0. The maximum Gasteiger partial charge on any atom is 0.0418 e. The summed E-state index contributed by atoms with van der Waals surface area (Å²) < 4.78 is 0. The van der Waals surface area contributed by atoms with Crippen LogP contribution >= 0.6 is 7.53 Å². The van der Waals surface area contributed by atoms with Crippen molar-refractivity contribution in [2.75, 3.05) is 0 Å². The fraction of sp³-hybridized carbons (Fsp3) is 0.0370. The molecule has 5 aromatic rings. The second-order valence-corrected chi connectivity index (χ2v) is 9.29. The molecule has 0 radical (unpaired) electrons. The third-order valence-electron chi connectivity index (χ3n) is 5.31. The fourth-order valence-electron chi connectivity index (χ4n) is 4.02. The molecule has 0 unspecified atom stereocenters. The van der Waals surface area contributed by atoms with E-state index in [1.54, 1.807) is 0 Å². The smallest absolute Gasteiger partial charge is 0.0418 e. The zero-order chi connectivity index (χ0) is 18.8. The van der Waals surface area contributed by atoms with Crippen LogP contribution in [0, 0.1) is 0 Å². The molecule has 0 aliphatic rings. The first-order chi connectivity index (χ1) is 13.9. The molecule has 1 heteroatoms. The highest BCUT2D eigenvalue weighted by molar-refractivity contribution is 7.62. The Morgan fingerprint density at radius 2 is 1.04 bits per heavy atom. The number of benzene rings is 4. The molecule has 0 amide bonds. The largest absolute Gasteiger partial charge is 0.0971 e. The van der Waals surface area contributed by atoms with Crippen LogP contribution in [-0.4, -0.2) is 0 Å². The quantitative estimate of drug-likeness (QED) is 0.296. The van der Waals surface area contributed by atoms with Crippen LogP contribution in [0.15, 0.2) is 115 Å². The summed E-state index contributed by atoms with van der Waals surface area (Å²) in [7, 11) is -0.500. The van der Waals surface area contributed by atoms with Crippen LogP contribution in [0.1, 0.15) is 16.8 Å². The zero-order valence-corrected chi connectivity index (χ0v) is 16.5. The summed E-state index contributed by atoms with van der Waals surface area (Å²) in [5, 5.41) is 5.78. The van der Waals surface area contributed by atoms with E-state index in [9.17, 15) is 0 Å². The number of hydrogen-bond acceptors (Lipinski definition) is 0. The standard InChI is InChI=1S/C27H21P/c1-3-11-21(12-4-1)19-20-25(22-13-5-2-6-14-22)28-26-17-9-7-15-23(26)24-16-8-10-18-27(24)28/h1-20,25H/b20-19+/t25-/m1/s1. The first-order valence-electron chi connectivity index (χ1n) is 9.68. The van der Waals surface area contributed by atoms with Crippen molar-refractivity contribution in [2.45, 2.75) is 5.66 Å². The van der Waals surface area contributed by atoms with Crippen molar-refractivity contribution in [2.24, 2.45) is 0 Å². The van der Waals surface area contributed by atoms with Crippen molar-refractivity contribution >= 4 is 34.6 Å². The van der Waals surface area contributed by atoms with E-state index < -0.39 is 7.53 Å². The number of allylic oxidation sites excluding steroid dienone is 1. The predicted octanol–water partition coefficient (Wildman–Crippen LogP) is 8.28. The average molecular weight is 376 g/mol. The van der Waals surface area contributed by atoms with Gasteiger partial charge in [-0.25, -0.2) is 0 Å². The van der Waals surface area contributed by atoms with Gasteiger partial charge in [0.05, 0.1) is 0 Å². The highest BCUT2D eigenvalue weighted by Crippen LogP contribution is 2.58. The zero-order valence-electron chi connectivity index (χ0n) is 15.6. The van der Waals surface area contributed by atoms with Gasteiger partial charge in [-0.1, -0.05) is 129 Å². The Morgan fingerprint density at radius 3 is 1.64 bits per heavy atom. The van der Waals surface area contributed by atoms with Crippen LogP contribution in [0.3, 0.4) is 0 Å². The van der Waals surface area contributed by atoms with E-state index in [-0.39, 0.29) is 0 Å². The summed E-state index contributed by atoms with van der Waals surface area (Å²) >= 11 is 0. The van der Waals surface area contributed by atoms with Gasteiger partial charge in [-0.2, -0.15) is 0 Å². The van der Waals surface area contributed by atoms with E-state index in [1.807, 2.05) is 0 Å².